The molecule has 0 N–H and O–H groups in total. The highest BCUT2D eigenvalue weighted by atomic mass is 32.2. The van der Waals surface area contributed by atoms with Crippen LogP contribution in [0.1, 0.15) is 12.5 Å². The third kappa shape index (κ3) is 4.51. The molecule has 0 aliphatic carbocycles. The van der Waals surface area contributed by atoms with Crippen molar-refractivity contribution in [1.29, 1.82) is 0 Å². The van der Waals surface area contributed by atoms with Crippen molar-refractivity contribution in [2.75, 3.05) is 17.8 Å². The summed E-state index contributed by atoms with van der Waals surface area (Å²) >= 11 is 1.42. The van der Waals surface area contributed by atoms with Crippen LogP contribution in [0.5, 0.6) is 11.5 Å². The normalized spacial score (nSPS) is 15.3. The number of aliphatic imine (C=N–C) groups is 1. The second-order valence-corrected chi connectivity index (χ2v) is 6.87. The molecule has 1 heterocycles. The first kappa shape index (κ1) is 19.9. The lowest BCUT2D eigenvalue weighted by Crippen LogP contribution is -2.30. The van der Waals surface area contributed by atoms with E-state index >= 15 is 0 Å². The molecule has 1 aliphatic heterocycles. The lowest BCUT2D eigenvalue weighted by molar-refractivity contribution is -0.113. The molecule has 0 bridgehead atoms. The molecule has 0 unspecified atom stereocenters. The predicted molar refractivity (Wildman–Crippen MR) is 107 cm³/mol. The molecule has 0 atom stereocenters. The van der Waals surface area contributed by atoms with Crippen molar-refractivity contribution >= 4 is 34.6 Å². The van der Waals surface area contributed by atoms with Crippen LogP contribution in [0, 0.1) is 0 Å². The van der Waals surface area contributed by atoms with Gasteiger partial charge in [0, 0.05) is 0 Å². The Bertz CT molecular complexity index is 897. The molecular formula is C20H18F2N2O3S. The lowest BCUT2D eigenvalue weighted by Gasteiger charge is -2.17. The van der Waals surface area contributed by atoms with E-state index in [2.05, 4.69) is 9.73 Å². The largest absolute Gasteiger partial charge is 0.497 e. The molecular weight excluding hydrogens is 386 g/mol. The molecule has 0 saturated carbocycles. The van der Waals surface area contributed by atoms with Gasteiger partial charge in [0.15, 0.2) is 5.17 Å². The molecule has 1 aliphatic rings. The van der Waals surface area contributed by atoms with Gasteiger partial charge >= 0.3 is 6.61 Å². The van der Waals surface area contributed by atoms with E-state index in [0.29, 0.717) is 16.6 Å². The lowest BCUT2D eigenvalue weighted by atomic mass is 10.2. The zero-order valence-electron chi connectivity index (χ0n) is 15.3. The second-order valence-electron chi connectivity index (χ2n) is 5.64. The summed E-state index contributed by atoms with van der Waals surface area (Å²) in [5, 5.41) is 0.537. The van der Waals surface area contributed by atoms with Gasteiger partial charge in [-0.3, -0.25) is 9.69 Å². The number of anilines is 1. The number of hydrogen-bond acceptors (Lipinski definition) is 5. The van der Waals surface area contributed by atoms with Gasteiger partial charge in [-0.1, -0.05) is 30.8 Å². The van der Waals surface area contributed by atoms with E-state index in [1.807, 2.05) is 19.1 Å². The fourth-order valence-electron chi connectivity index (χ4n) is 2.58. The van der Waals surface area contributed by atoms with E-state index in [0.717, 1.165) is 17.1 Å². The van der Waals surface area contributed by atoms with Crippen LogP contribution in [0.2, 0.25) is 0 Å². The van der Waals surface area contributed by atoms with Crippen LogP contribution in [0.4, 0.5) is 14.5 Å². The van der Waals surface area contributed by atoms with Crippen LogP contribution in [0.15, 0.2) is 59.2 Å². The van der Waals surface area contributed by atoms with Gasteiger partial charge in [0.05, 0.1) is 12.8 Å². The van der Waals surface area contributed by atoms with Gasteiger partial charge in [0.25, 0.3) is 5.91 Å². The molecule has 28 heavy (non-hydrogen) atoms. The summed E-state index contributed by atoms with van der Waals surface area (Å²) < 4.78 is 34.1. The number of alkyl halides is 2. The molecule has 0 fully saturated rings. The number of amides is 1. The standard InChI is InChI=1S/C20H18F2N2O3S/c1-3-28-20-23-17(12-13-4-8-15(26-2)9-5-13)18(25)24(20)14-6-10-16(11-7-14)27-19(21)22/h4-12,19H,3H2,1-2H3/b17-12-. The topological polar surface area (TPSA) is 51.1 Å². The Kier molecular flexibility index (Phi) is 6.30. The highest BCUT2D eigenvalue weighted by molar-refractivity contribution is 8.14. The van der Waals surface area contributed by atoms with Gasteiger partial charge in [-0.05, 0) is 53.8 Å². The Labute approximate surface area is 165 Å². The highest BCUT2D eigenvalue weighted by Gasteiger charge is 2.31. The fourth-order valence-corrected chi connectivity index (χ4v) is 3.32. The average molecular weight is 404 g/mol. The van der Waals surface area contributed by atoms with Crippen LogP contribution < -0.4 is 14.4 Å². The van der Waals surface area contributed by atoms with Crippen LogP contribution in [0.3, 0.4) is 0 Å². The average Bonchev–Trinajstić information content (AvgIpc) is 2.98. The number of halogens is 2. The molecule has 2 aromatic carbocycles. The van der Waals surface area contributed by atoms with Gasteiger partial charge in [0.1, 0.15) is 17.2 Å². The summed E-state index contributed by atoms with van der Waals surface area (Å²) in [6.07, 6.45) is 1.70. The summed E-state index contributed by atoms with van der Waals surface area (Å²) in [6.45, 7) is -0.938. The van der Waals surface area contributed by atoms with Crippen molar-refractivity contribution in [3.8, 4) is 11.5 Å². The summed E-state index contributed by atoms with van der Waals surface area (Å²) in [4.78, 5) is 18.9. The highest BCUT2D eigenvalue weighted by Crippen LogP contribution is 2.31. The number of carbonyl (C=O) groups is 1. The van der Waals surface area contributed by atoms with Crippen LogP contribution >= 0.6 is 11.8 Å². The number of nitrogens with zero attached hydrogens (tertiary/aromatic N) is 2. The summed E-state index contributed by atoms with van der Waals surface area (Å²) in [5.41, 5.74) is 1.65. The number of thioether (sulfide) groups is 1. The second kappa shape index (κ2) is 8.88. The van der Waals surface area contributed by atoms with E-state index in [1.54, 1.807) is 37.5 Å². The zero-order chi connectivity index (χ0) is 20.1. The molecule has 2 aromatic rings. The van der Waals surface area contributed by atoms with Crippen molar-refractivity contribution in [3.05, 3.63) is 59.8 Å². The van der Waals surface area contributed by atoms with Gasteiger partial charge in [0.2, 0.25) is 0 Å². The molecule has 0 spiro atoms. The fraction of sp³-hybridized carbons (Fsp3) is 0.200. The third-order valence-corrected chi connectivity index (χ3v) is 4.66. The smallest absolute Gasteiger partial charge is 0.387 e. The molecule has 5 nitrogen and oxygen atoms in total. The minimum Gasteiger partial charge on any atom is -0.497 e. The Morgan fingerprint density at radius 2 is 1.75 bits per heavy atom. The number of carbonyl (C=O) groups excluding carboxylic acids is 1. The maximum atomic E-state index is 12.9. The van der Waals surface area contributed by atoms with E-state index in [1.165, 1.54) is 28.8 Å². The Morgan fingerprint density at radius 1 is 1.11 bits per heavy atom. The maximum absolute atomic E-state index is 12.9. The van der Waals surface area contributed by atoms with Crippen LogP contribution in [0.25, 0.3) is 6.08 Å². The Morgan fingerprint density at radius 3 is 2.32 bits per heavy atom. The number of ether oxygens (including phenoxy) is 2. The zero-order valence-corrected chi connectivity index (χ0v) is 16.1. The Hall–Kier alpha value is -2.87. The SMILES string of the molecule is CCSC1=N/C(=C\c2ccc(OC)cc2)C(=O)N1c1ccc(OC(F)F)cc1. The van der Waals surface area contributed by atoms with E-state index in [4.69, 9.17) is 4.74 Å². The maximum Gasteiger partial charge on any atom is 0.387 e. The number of benzene rings is 2. The molecule has 1 amide bonds. The molecule has 0 radical (unpaired) electrons. The van der Waals surface area contributed by atoms with Crippen molar-refractivity contribution in [1.82, 2.24) is 0 Å². The predicted octanol–water partition coefficient (Wildman–Crippen LogP) is 4.79. The molecule has 0 saturated heterocycles. The van der Waals surface area contributed by atoms with Crippen molar-refractivity contribution in [2.45, 2.75) is 13.5 Å². The van der Waals surface area contributed by atoms with Gasteiger partial charge in [-0.25, -0.2) is 4.99 Å². The van der Waals surface area contributed by atoms with Gasteiger partial charge < -0.3 is 9.47 Å². The van der Waals surface area contributed by atoms with E-state index < -0.39 is 6.61 Å². The molecule has 8 heteroatoms. The first-order chi connectivity index (χ1) is 13.5. The molecule has 146 valence electrons. The minimum absolute atomic E-state index is 0.0287. The van der Waals surface area contributed by atoms with E-state index in [9.17, 15) is 13.6 Å². The summed E-state index contributed by atoms with van der Waals surface area (Å²) in [7, 11) is 1.59. The monoisotopic (exact) mass is 404 g/mol. The molecule has 0 aromatic heterocycles. The van der Waals surface area contributed by atoms with Crippen molar-refractivity contribution in [3.63, 3.8) is 0 Å². The number of hydrogen-bond donors (Lipinski definition) is 0. The third-order valence-electron chi connectivity index (χ3n) is 3.84. The molecule has 3 rings (SSSR count). The first-order valence-corrected chi connectivity index (χ1v) is 9.47. The van der Waals surface area contributed by atoms with Crippen molar-refractivity contribution < 1.29 is 23.0 Å². The minimum atomic E-state index is -2.90. The van der Waals surface area contributed by atoms with E-state index in [-0.39, 0.29) is 11.7 Å². The Balaban J connectivity index is 1.88. The summed E-state index contributed by atoms with van der Waals surface area (Å²) in [6, 6.07) is 13.2. The van der Waals surface area contributed by atoms with Gasteiger partial charge in [-0.15, -0.1) is 0 Å². The van der Waals surface area contributed by atoms with Crippen LogP contribution in [-0.4, -0.2) is 30.5 Å². The summed E-state index contributed by atoms with van der Waals surface area (Å²) in [5.74, 6) is 1.19. The first-order valence-electron chi connectivity index (χ1n) is 8.48. The number of rotatable bonds is 6. The van der Waals surface area contributed by atoms with Gasteiger partial charge in [-0.2, -0.15) is 8.78 Å². The number of amidine groups is 1. The number of methoxy groups -OCH3 is 1. The van der Waals surface area contributed by atoms with Crippen molar-refractivity contribution in [2.24, 2.45) is 4.99 Å². The quantitative estimate of drug-likeness (QED) is 0.650. The van der Waals surface area contributed by atoms with Crippen LogP contribution in [-0.2, 0) is 4.79 Å².